The third-order valence-electron chi connectivity index (χ3n) is 4.05. The summed E-state index contributed by atoms with van der Waals surface area (Å²) in [5, 5.41) is 1.48. The molecule has 2 aliphatic heterocycles. The van der Waals surface area contributed by atoms with Crippen LogP contribution in [0, 0.1) is 0 Å². The topological polar surface area (TPSA) is 18.5 Å². The summed E-state index contributed by atoms with van der Waals surface area (Å²) in [5.41, 5.74) is 1.15. The van der Waals surface area contributed by atoms with Crippen LogP contribution in [0.3, 0.4) is 0 Å². The van der Waals surface area contributed by atoms with E-state index in [1.165, 1.54) is 5.30 Å². The molecule has 1 aromatic carbocycles. The third kappa shape index (κ3) is 1.91. The Kier molecular flexibility index (Phi) is 3.01. The van der Waals surface area contributed by atoms with Gasteiger partial charge in [-0.05, 0) is 19.2 Å². The van der Waals surface area contributed by atoms with Crippen molar-refractivity contribution in [3.05, 3.63) is 30.3 Å². The lowest BCUT2D eigenvalue weighted by Gasteiger charge is -2.27. The van der Waals surface area contributed by atoms with Gasteiger partial charge in [0.25, 0.3) is 0 Å². The number of hydrogen-bond donors (Lipinski definition) is 0. The monoisotopic (exact) mass is 264 g/mol. The normalized spacial score (nSPS) is 41.9. The van der Waals surface area contributed by atoms with Gasteiger partial charge in [0.05, 0.1) is 12.2 Å². The van der Waals surface area contributed by atoms with Gasteiger partial charge in [0.2, 0.25) is 0 Å². The summed E-state index contributed by atoms with van der Waals surface area (Å²) in [4.78, 5) is 0. The van der Waals surface area contributed by atoms with E-state index in [1.54, 1.807) is 0 Å². The van der Waals surface area contributed by atoms with Gasteiger partial charge in [0.1, 0.15) is 0 Å². The van der Waals surface area contributed by atoms with Crippen molar-refractivity contribution in [1.29, 1.82) is 0 Å². The molecule has 0 spiro atoms. The maximum absolute atomic E-state index is 6.10. The molecule has 2 heterocycles. The van der Waals surface area contributed by atoms with Crippen LogP contribution >= 0.6 is 7.92 Å². The Bertz CT molecular complexity index is 411. The minimum Gasteiger partial charge on any atom is -0.344 e. The van der Waals surface area contributed by atoms with Gasteiger partial charge in [-0.25, -0.2) is 0 Å². The molecule has 2 nitrogen and oxygen atoms in total. The first kappa shape index (κ1) is 12.6. The zero-order chi connectivity index (χ0) is 12.9. The van der Waals surface area contributed by atoms with Gasteiger partial charge < -0.3 is 9.47 Å². The van der Waals surface area contributed by atoms with E-state index in [0.29, 0.717) is 11.3 Å². The molecule has 4 atom stereocenters. The standard InChI is InChI=1S/C15H21O2P/c1-10-13-14(17-15(3,4)16-13)11(2)18(10)12-8-6-5-7-9-12/h5-11,13-14H,1-4H3/t10-,11-,13+,14+/m0/s1. The lowest BCUT2D eigenvalue weighted by atomic mass is 10.1. The van der Waals surface area contributed by atoms with Crippen molar-refractivity contribution in [2.45, 2.75) is 57.0 Å². The number of rotatable bonds is 1. The van der Waals surface area contributed by atoms with Crippen LogP contribution in [0.2, 0.25) is 0 Å². The molecule has 0 bridgehead atoms. The smallest absolute Gasteiger partial charge is 0.163 e. The van der Waals surface area contributed by atoms with Crippen molar-refractivity contribution < 1.29 is 9.47 Å². The van der Waals surface area contributed by atoms with Gasteiger partial charge in [0.15, 0.2) is 5.79 Å². The zero-order valence-corrected chi connectivity index (χ0v) is 12.4. The van der Waals surface area contributed by atoms with Crippen LogP contribution in [-0.4, -0.2) is 29.3 Å². The quantitative estimate of drug-likeness (QED) is 0.726. The molecule has 0 aromatic heterocycles. The SMILES string of the molecule is C[C@H]1[C@H]2OC(C)(C)O[C@@H]2[C@H](C)P1c1ccccc1. The summed E-state index contributed by atoms with van der Waals surface area (Å²) < 4.78 is 12.2. The van der Waals surface area contributed by atoms with Crippen molar-refractivity contribution in [2.24, 2.45) is 0 Å². The summed E-state index contributed by atoms with van der Waals surface area (Å²) in [6.45, 7) is 8.69. The molecule has 0 radical (unpaired) electrons. The Morgan fingerprint density at radius 3 is 1.94 bits per heavy atom. The third-order valence-corrected chi connectivity index (χ3v) is 7.28. The fourth-order valence-electron chi connectivity index (χ4n) is 3.32. The van der Waals surface area contributed by atoms with Crippen LogP contribution in [0.15, 0.2) is 30.3 Å². The lowest BCUT2D eigenvalue weighted by Crippen LogP contribution is -2.27. The van der Waals surface area contributed by atoms with Crippen LogP contribution < -0.4 is 5.30 Å². The summed E-state index contributed by atoms with van der Waals surface area (Å²) in [6.07, 6.45) is 0.530. The van der Waals surface area contributed by atoms with E-state index >= 15 is 0 Å². The Morgan fingerprint density at radius 2 is 1.44 bits per heavy atom. The fraction of sp³-hybridized carbons (Fsp3) is 0.600. The molecule has 3 heteroatoms. The molecule has 0 aliphatic carbocycles. The molecule has 2 aliphatic rings. The van der Waals surface area contributed by atoms with E-state index in [-0.39, 0.29) is 20.1 Å². The maximum Gasteiger partial charge on any atom is 0.163 e. The maximum atomic E-state index is 6.10. The Balaban J connectivity index is 1.89. The minimum absolute atomic E-state index is 0.187. The van der Waals surface area contributed by atoms with Crippen LogP contribution in [-0.2, 0) is 9.47 Å². The number of fused-ring (bicyclic) bond motifs is 1. The second-order valence-electron chi connectivity index (χ2n) is 5.79. The Hall–Kier alpha value is -0.430. The summed E-state index contributed by atoms with van der Waals surface area (Å²) in [5.74, 6) is -0.407. The van der Waals surface area contributed by atoms with Crippen LogP contribution in [0.1, 0.15) is 27.7 Å². The van der Waals surface area contributed by atoms with Crippen molar-refractivity contribution in [2.75, 3.05) is 0 Å². The summed E-state index contributed by atoms with van der Waals surface area (Å²) >= 11 is 0. The van der Waals surface area contributed by atoms with E-state index in [4.69, 9.17) is 9.47 Å². The predicted molar refractivity (Wildman–Crippen MR) is 75.7 cm³/mol. The molecule has 0 amide bonds. The van der Waals surface area contributed by atoms with Gasteiger partial charge in [-0.3, -0.25) is 0 Å². The van der Waals surface area contributed by atoms with Crippen molar-refractivity contribution >= 4 is 13.2 Å². The summed E-state index contributed by atoms with van der Waals surface area (Å²) in [6, 6.07) is 10.9. The molecule has 2 saturated heterocycles. The van der Waals surface area contributed by atoms with E-state index < -0.39 is 5.79 Å². The lowest BCUT2D eigenvalue weighted by molar-refractivity contribution is -0.147. The number of hydrogen-bond acceptors (Lipinski definition) is 2. The van der Waals surface area contributed by atoms with Gasteiger partial charge in [-0.2, -0.15) is 0 Å². The van der Waals surface area contributed by atoms with E-state index in [1.807, 2.05) is 13.8 Å². The van der Waals surface area contributed by atoms with Crippen LogP contribution in [0.5, 0.6) is 0 Å². The molecule has 0 unspecified atom stereocenters. The van der Waals surface area contributed by atoms with Crippen LogP contribution in [0.4, 0.5) is 0 Å². The van der Waals surface area contributed by atoms with Gasteiger partial charge in [-0.1, -0.05) is 52.1 Å². The minimum atomic E-state index is -0.407. The highest BCUT2D eigenvalue weighted by Gasteiger charge is 2.55. The number of ether oxygens (including phenoxy) is 2. The van der Waals surface area contributed by atoms with E-state index in [2.05, 4.69) is 44.2 Å². The molecule has 2 fully saturated rings. The van der Waals surface area contributed by atoms with Crippen molar-refractivity contribution in [1.82, 2.24) is 0 Å². The molecule has 1 aromatic rings. The molecule has 3 rings (SSSR count). The van der Waals surface area contributed by atoms with Gasteiger partial charge in [0, 0.05) is 11.3 Å². The largest absolute Gasteiger partial charge is 0.344 e. The molecular formula is C15H21O2P. The Labute approximate surface area is 110 Å². The molecule has 18 heavy (non-hydrogen) atoms. The average molecular weight is 264 g/mol. The Morgan fingerprint density at radius 1 is 0.944 bits per heavy atom. The molecule has 0 saturated carbocycles. The van der Waals surface area contributed by atoms with E-state index in [0.717, 1.165) is 0 Å². The zero-order valence-electron chi connectivity index (χ0n) is 11.5. The first-order valence-electron chi connectivity index (χ1n) is 6.69. The molecular weight excluding hydrogens is 243 g/mol. The second-order valence-corrected chi connectivity index (χ2v) is 8.75. The van der Waals surface area contributed by atoms with Gasteiger partial charge in [-0.15, -0.1) is 0 Å². The average Bonchev–Trinajstić information content (AvgIpc) is 2.76. The molecule has 0 N–H and O–H groups in total. The van der Waals surface area contributed by atoms with Crippen molar-refractivity contribution in [3.8, 4) is 0 Å². The van der Waals surface area contributed by atoms with Crippen LogP contribution in [0.25, 0.3) is 0 Å². The predicted octanol–water partition coefficient (Wildman–Crippen LogP) is 3.10. The fourth-order valence-corrected chi connectivity index (χ4v) is 6.61. The van der Waals surface area contributed by atoms with E-state index in [9.17, 15) is 0 Å². The summed E-state index contributed by atoms with van der Waals surface area (Å²) in [7, 11) is -0.187. The highest BCUT2D eigenvalue weighted by atomic mass is 31.1. The highest BCUT2D eigenvalue weighted by molar-refractivity contribution is 7.67. The number of benzene rings is 1. The van der Waals surface area contributed by atoms with Gasteiger partial charge >= 0.3 is 0 Å². The molecule has 98 valence electrons. The first-order valence-corrected chi connectivity index (χ1v) is 8.17. The second kappa shape index (κ2) is 4.30. The first-order chi connectivity index (χ1) is 8.49. The van der Waals surface area contributed by atoms with Crippen molar-refractivity contribution in [3.63, 3.8) is 0 Å². The highest BCUT2D eigenvalue weighted by Crippen LogP contribution is 2.59.